The van der Waals surface area contributed by atoms with Gasteiger partial charge >= 0.3 is 0 Å². The molecule has 0 saturated heterocycles. The van der Waals surface area contributed by atoms with Crippen molar-refractivity contribution in [1.82, 2.24) is 5.32 Å². The number of anilines is 1. The van der Waals surface area contributed by atoms with Crippen LogP contribution >= 0.6 is 11.6 Å². The van der Waals surface area contributed by atoms with Crippen LogP contribution in [0, 0.1) is 13.8 Å². The van der Waals surface area contributed by atoms with Gasteiger partial charge in [0.15, 0.2) is 0 Å². The second kappa shape index (κ2) is 10.7. The average molecular weight is 487 g/mol. The van der Waals surface area contributed by atoms with E-state index in [4.69, 9.17) is 16.3 Å². The Bertz CT molecular complexity index is 1210. The van der Waals surface area contributed by atoms with Crippen molar-refractivity contribution in [2.75, 3.05) is 23.7 Å². The zero-order valence-electron chi connectivity index (χ0n) is 18.8. The number of hydrogen-bond acceptors (Lipinski definition) is 4. The van der Waals surface area contributed by atoms with Crippen molar-refractivity contribution in [3.8, 4) is 5.75 Å². The van der Waals surface area contributed by atoms with E-state index in [0.29, 0.717) is 29.4 Å². The minimum absolute atomic E-state index is 0.164. The molecule has 3 aromatic carbocycles. The lowest BCUT2D eigenvalue weighted by atomic mass is 10.1. The Labute approximate surface area is 200 Å². The Morgan fingerprint density at radius 1 is 1.00 bits per heavy atom. The van der Waals surface area contributed by atoms with Gasteiger partial charge < -0.3 is 10.1 Å². The fourth-order valence-electron chi connectivity index (χ4n) is 3.23. The molecule has 6 nitrogen and oxygen atoms in total. The van der Waals surface area contributed by atoms with Crippen LogP contribution in [0.25, 0.3) is 0 Å². The first-order chi connectivity index (χ1) is 15.6. The first kappa shape index (κ1) is 24.6. The summed E-state index contributed by atoms with van der Waals surface area (Å²) in [5.41, 5.74) is 3.86. The molecule has 0 saturated carbocycles. The molecule has 1 amide bonds. The SMILES string of the molecule is Cc1ccc(C)c(OCCNC(=O)c2ccc(N(Cc3ccc(Cl)cc3)S(C)(=O)=O)cc2)c1. The van der Waals surface area contributed by atoms with Crippen LogP contribution in [0.15, 0.2) is 66.7 Å². The van der Waals surface area contributed by atoms with Crippen LogP contribution < -0.4 is 14.4 Å². The van der Waals surface area contributed by atoms with E-state index in [9.17, 15) is 13.2 Å². The first-order valence-corrected chi connectivity index (χ1v) is 12.7. The third-order valence-corrected chi connectivity index (χ3v) is 6.44. The second-order valence-corrected chi connectivity index (χ2v) is 10.2. The molecule has 0 atom stereocenters. The zero-order chi connectivity index (χ0) is 24.0. The van der Waals surface area contributed by atoms with Crippen molar-refractivity contribution in [2.45, 2.75) is 20.4 Å². The highest BCUT2D eigenvalue weighted by Crippen LogP contribution is 2.22. The maximum Gasteiger partial charge on any atom is 0.251 e. The molecule has 0 spiro atoms. The lowest BCUT2D eigenvalue weighted by Gasteiger charge is -2.23. The zero-order valence-corrected chi connectivity index (χ0v) is 20.4. The molecule has 0 bridgehead atoms. The molecule has 174 valence electrons. The minimum Gasteiger partial charge on any atom is -0.491 e. The van der Waals surface area contributed by atoms with E-state index in [-0.39, 0.29) is 12.5 Å². The number of nitrogens with zero attached hydrogens (tertiary/aromatic N) is 1. The van der Waals surface area contributed by atoms with Crippen LogP contribution in [0.4, 0.5) is 5.69 Å². The summed E-state index contributed by atoms with van der Waals surface area (Å²) < 4.78 is 31.8. The Morgan fingerprint density at radius 2 is 1.67 bits per heavy atom. The van der Waals surface area contributed by atoms with E-state index < -0.39 is 10.0 Å². The molecule has 0 aromatic heterocycles. The Morgan fingerprint density at radius 3 is 2.30 bits per heavy atom. The summed E-state index contributed by atoms with van der Waals surface area (Å²) in [7, 11) is -3.53. The van der Waals surface area contributed by atoms with Gasteiger partial charge in [-0.1, -0.05) is 35.9 Å². The van der Waals surface area contributed by atoms with E-state index in [1.54, 1.807) is 48.5 Å². The maximum absolute atomic E-state index is 12.5. The molecule has 0 heterocycles. The van der Waals surface area contributed by atoms with Crippen molar-refractivity contribution in [2.24, 2.45) is 0 Å². The van der Waals surface area contributed by atoms with Gasteiger partial charge in [0.05, 0.1) is 25.0 Å². The Balaban J connectivity index is 1.60. The molecular formula is C25H27ClN2O4S. The van der Waals surface area contributed by atoms with Gasteiger partial charge in [-0.05, 0) is 73.0 Å². The number of sulfonamides is 1. The Hall–Kier alpha value is -3.03. The summed E-state index contributed by atoms with van der Waals surface area (Å²) in [5, 5.41) is 3.40. The van der Waals surface area contributed by atoms with Crippen molar-refractivity contribution < 1.29 is 17.9 Å². The number of carbonyl (C=O) groups is 1. The maximum atomic E-state index is 12.5. The molecule has 33 heavy (non-hydrogen) atoms. The smallest absolute Gasteiger partial charge is 0.251 e. The topological polar surface area (TPSA) is 75.7 Å². The molecule has 0 unspecified atom stereocenters. The van der Waals surface area contributed by atoms with Gasteiger partial charge in [0.25, 0.3) is 5.91 Å². The highest BCUT2D eigenvalue weighted by molar-refractivity contribution is 7.92. The monoisotopic (exact) mass is 486 g/mol. The van der Waals surface area contributed by atoms with E-state index >= 15 is 0 Å². The molecular weight excluding hydrogens is 460 g/mol. The average Bonchev–Trinajstić information content (AvgIpc) is 2.77. The number of hydrogen-bond donors (Lipinski definition) is 1. The van der Waals surface area contributed by atoms with Gasteiger partial charge in [0.1, 0.15) is 12.4 Å². The summed E-state index contributed by atoms with van der Waals surface area (Å²) in [6.07, 6.45) is 1.15. The van der Waals surface area contributed by atoms with Crippen LogP contribution in [0.1, 0.15) is 27.0 Å². The molecule has 0 aliphatic rings. The molecule has 3 rings (SSSR count). The number of amides is 1. The third kappa shape index (κ3) is 6.97. The summed E-state index contributed by atoms with van der Waals surface area (Å²) in [5.74, 6) is 0.546. The van der Waals surface area contributed by atoms with E-state index in [0.717, 1.165) is 28.7 Å². The highest BCUT2D eigenvalue weighted by atomic mass is 35.5. The molecule has 0 fully saturated rings. The fourth-order valence-corrected chi connectivity index (χ4v) is 4.24. The molecule has 0 aliphatic heterocycles. The van der Waals surface area contributed by atoms with Crippen LogP contribution in [0.2, 0.25) is 5.02 Å². The predicted molar refractivity (Wildman–Crippen MR) is 133 cm³/mol. The second-order valence-electron chi connectivity index (χ2n) is 7.82. The van der Waals surface area contributed by atoms with Crippen LogP contribution in [0.5, 0.6) is 5.75 Å². The molecule has 0 radical (unpaired) electrons. The molecule has 0 aliphatic carbocycles. The number of aryl methyl sites for hydroxylation is 2. The molecule has 8 heteroatoms. The predicted octanol–water partition coefficient (Wildman–Crippen LogP) is 4.73. The van der Waals surface area contributed by atoms with Crippen molar-refractivity contribution in [3.05, 3.63) is 94.0 Å². The van der Waals surface area contributed by atoms with Gasteiger partial charge in [-0.25, -0.2) is 8.42 Å². The summed E-state index contributed by atoms with van der Waals surface area (Å²) in [6.45, 7) is 4.83. The fraction of sp³-hybridized carbons (Fsp3) is 0.240. The summed E-state index contributed by atoms with van der Waals surface area (Å²) >= 11 is 5.91. The van der Waals surface area contributed by atoms with Gasteiger partial charge in [0.2, 0.25) is 10.0 Å². The standard InChI is InChI=1S/C25H27ClN2O4S/c1-18-4-5-19(2)24(16-18)32-15-14-27-25(29)21-8-12-23(13-9-21)28(33(3,30)31)17-20-6-10-22(26)11-7-20/h4-13,16H,14-15,17H2,1-3H3,(H,27,29). The lowest BCUT2D eigenvalue weighted by molar-refractivity contribution is 0.0947. The van der Waals surface area contributed by atoms with E-state index in [2.05, 4.69) is 5.32 Å². The Kier molecular flexibility index (Phi) is 8.00. The largest absolute Gasteiger partial charge is 0.491 e. The number of ether oxygens (including phenoxy) is 1. The number of halogens is 1. The van der Waals surface area contributed by atoms with Gasteiger partial charge in [0, 0.05) is 10.6 Å². The highest BCUT2D eigenvalue weighted by Gasteiger charge is 2.18. The van der Waals surface area contributed by atoms with Gasteiger partial charge in [-0.15, -0.1) is 0 Å². The van der Waals surface area contributed by atoms with Crippen molar-refractivity contribution in [1.29, 1.82) is 0 Å². The van der Waals surface area contributed by atoms with Gasteiger partial charge in [-0.2, -0.15) is 0 Å². The van der Waals surface area contributed by atoms with Crippen molar-refractivity contribution >= 4 is 33.2 Å². The van der Waals surface area contributed by atoms with Crippen LogP contribution in [-0.2, 0) is 16.6 Å². The summed E-state index contributed by atoms with van der Waals surface area (Å²) in [4.78, 5) is 12.5. The first-order valence-electron chi connectivity index (χ1n) is 10.4. The number of benzene rings is 3. The molecule has 1 N–H and O–H groups in total. The van der Waals surface area contributed by atoms with Gasteiger partial charge in [-0.3, -0.25) is 9.10 Å². The number of carbonyl (C=O) groups excluding carboxylic acids is 1. The minimum atomic E-state index is -3.53. The lowest BCUT2D eigenvalue weighted by Crippen LogP contribution is -2.30. The number of rotatable bonds is 9. The normalized spacial score (nSPS) is 11.2. The third-order valence-electron chi connectivity index (χ3n) is 5.05. The quantitative estimate of drug-likeness (QED) is 0.443. The molecule has 3 aromatic rings. The van der Waals surface area contributed by atoms with E-state index in [1.807, 2.05) is 32.0 Å². The van der Waals surface area contributed by atoms with Crippen molar-refractivity contribution in [3.63, 3.8) is 0 Å². The summed E-state index contributed by atoms with van der Waals surface area (Å²) in [6, 6.07) is 19.4. The number of nitrogens with one attached hydrogen (secondary N) is 1. The van der Waals surface area contributed by atoms with E-state index in [1.165, 1.54) is 4.31 Å². The van der Waals surface area contributed by atoms with Crippen LogP contribution in [-0.4, -0.2) is 33.7 Å². The van der Waals surface area contributed by atoms with Crippen LogP contribution in [0.3, 0.4) is 0 Å².